The highest BCUT2D eigenvalue weighted by Crippen LogP contribution is 2.49. The van der Waals surface area contributed by atoms with Crippen molar-refractivity contribution in [3.63, 3.8) is 0 Å². The highest BCUT2D eigenvalue weighted by atomic mass is 28.3. The summed E-state index contributed by atoms with van der Waals surface area (Å²) in [7, 11) is 1.09. The number of aromatic nitrogens is 4. The summed E-state index contributed by atoms with van der Waals surface area (Å²) in [5.41, 5.74) is 4.99. The van der Waals surface area contributed by atoms with Crippen LogP contribution < -0.4 is 10.6 Å². The number of amides is 4. The minimum absolute atomic E-state index is 0.121. The first-order valence-corrected chi connectivity index (χ1v) is 25.5. The van der Waals surface area contributed by atoms with Crippen LogP contribution in [0.25, 0.3) is 44.2 Å². The summed E-state index contributed by atoms with van der Waals surface area (Å²) < 4.78 is 39.6. The zero-order valence-electron chi connectivity index (χ0n) is 37.6. The van der Waals surface area contributed by atoms with E-state index in [9.17, 15) is 19.2 Å². The number of halogens is 2. The molecule has 4 N–H and O–H groups in total. The molecule has 2 aromatic heterocycles. The second kappa shape index (κ2) is 17.3. The molecule has 5 aromatic rings. The first-order valence-electron chi connectivity index (χ1n) is 22.1. The average molecular weight is 897 g/mol. The minimum Gasteiger partial charge on any atom is -0.453 e. The van der Waals surface area contributed by atoms with Crippen LogP contribution in [0.4, 0.5) is 18.4 Å². The van der Waals surface area contributed by atoms with Gasteiger partial charge in [-0.05, 0) is 64.3 Å². The van der Waals surface area contributed by atoms with Gasteiger partial charge in [0, 0.05) is 26.4 Å². The van der Waals surface area contributed by atoms with E-state index >= 15 is 8.78 Å². The molecule has 3 saturated heterocycles. The van der Waals surface area contributed by atoms with Gasteiger partial charge in [-0.2, -0.15) is 0 Å². The fraction of sp³-hybridized carbons (Fsp3) is 0.489. The Morgan fingerprint density at radius 1 is 0.781 bits per heavy atom. The Morgan fingerprint density at radius 3 is 2.03 bits per heavy atom. The standard InChI is InChI=1S/C47H58F2N8O6Si/c1-25(2)38(54-45(60)62-5)43(58)56-21-32-23-64(7,8)22-31(32)18-36(56)41-50-20-35(52-41)28-11-9-27(10-12-28)29-13-15-33-30(17-29)14-16-34-40(33)53-42(51-34)37-19-47(48,49)24-57(37)44(59)39(26(3)4)55-46(61)63-6/h9-17,20,25-26,31-32,36-39H,18-19,21-24H2,1-8H3,(H,50,52)(H,51,53)(H,54,60)(H,55,61)/t31-,32-,36-,37?,38-,39-/m0/s1. The largest absolute Gasteiger partial charge is 0.453 e. The van der Waals surface area contributed by atoms with E-state index in [1.807, 2.05) is 73.5 Å². The lowest BCUT2D eigenvalue weighted by Crippen LogP contribution is -2.55. The number of fused-ring (bicyclic) bond motifs is 4. The lowest BCUT2D eigenvalue weighted by molar-refractivity contribution is -0.140. The van der Waals surface area contributed by atoms with Gasteiger partial charge in [-0.3, -0.25) is 9.59 Å². The number of methoxy groups -OCH3 is 2. The van der Waals surface area contributed by atoms with Crippen LogP contribution in [0, 0.1) is 23.7 Å². The number of hydrogen-bond acceptors (Lipinski definition) is 8. The second-order valence-corrected chi connectivity index (χ2v) is 24.5. The molecular weight excluding hydrogens is 839 g/mol. The molecule has 3 aliphatic heterocycles. The lowest BCUT2D eigenvalue weighted by Gasteiger charge is -2.43. The van der Waals surface area contributed by atoms with Crippen molar-refractivity contribution >= 4 is 53.9 Å². The number of aromatic amines is 2. The van der Waals surface area contributed by atoms with E-state index < -0.39 is 63.2 Å². The van der Waals surface area contributed by atoms with Crippen molar-refractivity contribution in [2.24, 2.45) is 23.7 Å². The maximum Gasteiger partial charge on any atom is 0.407 e. The minimum atomic E-state index is -3.14. The number of nitrogens with zero attached hydrogens (tertiary/aromatic N) is 4. The molecule has 340 valence electrons. The van der Waals surface area contributed by atoms with Gasteiger partial charge in [-0.15, -0.1) is 0 Å². The number of benzene rings is 3. The lowest BCUT2D eigenvalue weighted by atomic mass is 9.83. The monoisotopic (exact) mass is 896 g/mol. The predicted molar refractivity (Wildman–Crippen MR) is 242 cm³/mol. The molecule has 64 heavy (non-hydrogen) atoms. The summed E-state index contributed by atoms with van der Waals surface area (Å²) >= 11 is 0. The molecule has 0 radical (unpaired) electrons. The van der Waals surface area contributed by atoms with E-state index in [2.05, 4.69) is 44.5 Å². The fourth-order valence-corrected chi connectivity index (χ4v) is 14.3. The van der Waals surface area contributed by atoms with Gasteiger partial charge in [-0.25, -0.2) is 28.3 Å². The third kappa shape index (κ3) is 8.82. The van der Waals surface area contributed by atoms with Gasteiger partial charge in [0.15, 0.2) is 0 Å². The smallest absolute Gasteiger partial charge is 0.407 e. The van der Waals surface area contributed by atoms with E-state index in [0.29, 0.717) is 29.4 Å². The van der Waals surface area contributed by atoms with Crippen molar-refractivity contribution in [3.8, 4) is 22.4 Å². The summed E-state index contributed by atoms with van der Waals surface area (Å²) in [6, 6.07) is 17.3. The summed E-state index contributed by atoms with van der Waals surface area (Å²) in [6.07, 6.45) is 0.595. The molecule has 4 amide bonds. The highest BCUT2D eigenvalue weighted by molar-refractivity contribution is 6.78. The van der Waals surface area contributed by atoms with Crippen molar-refractivity contribution in [1.82, 2.24) is 40.4 Å². The molecule has 0 saturated carbocycles. The number of carbonyl (C=O) groups excluding carboxylic acids is 4. The Hall–Kier alpha value is -5.84. The molecule has 17 heteroatoms. The average Bonchev–Trinajstić information content (AvgIpc) is 4.06. The second-order valence-electron chi connectivity index (χ2n) is 19.4. The molecular formula is C47H58F2N8O6Si. The number of carbonyl (C=O) groups is 4. The van der Waals surface area contributed by atoms with Gasteiger partial charge in [-0.1, -0.05) is 95.3 Å². The first-order chi connectivity index (χ1) is 30.3. The Kier molecular flexibility index (Phi) is 12.1. The highest BCUT2D eigenvalue weighted by Gasteiger charge is 2.51. The van der Waals surface area contributed by atoms with Crippen LogP contribution >= 0.6 is 0 Å². The third-order valence-electron chi connectivity index (χ3n) is 13.5. The molecule has 0 aliphatic carbocycles. The van der Waals surface area contributed by atoms with Gasteiger partial charge in [0.2, 0.25) is 11.8 Å². The molecule has 8 rings (SSSR count). The van der Waals surface area contributed by atoms with E-state index in [0.717, 1.165) is 50.3 Å². The van der Waals surface area contributed by atoms with Crippen LogP contribution in [0.3, 0.4) is 0 Å². The SMILES string of the molecule is COC(=O)N[C@H](C(=O)N1CC(F)(F)CC1c1nc2ccc3cc(-c4ccc(-c5cnc([C@@H]6C[C@H]7C[Si](C)(C)C[C@@H]7CN6C(=O)[C@@H](NC(=O)OC)C(C)C)[nH]5)cc4)ccc3c2[nH]1)C(C)C. The number of H-pyrrole nitrogens is 2. The zero-order chi connectivity index (χ0) is 45.8. The normalized spacial score (nSPS) is 22.4. The molecule has 1 unspecified atom stereocenters. The van der Waals surface area contributed by atoms with Gasteiger partial charge in [0.1, 0.15) is 23.7 Å². The number of hydrogen-bond donors (Lipinski definition) is 4. The van der Waals surface area contributed by atoms with Crippen molar-refractivity contribution in [1.29, 1.82) is 0 Å². The number of alkyl halides is 2. The van der Waals surface area contributed by atoms with Crippen LogP contribution in [-0.4, -0.2) is 107 Å². The zero-order valence-corrected chi connectivity index (χ0v) is 38.6. The molecule has 3 fully saturated rings. The Balaban J connectivity index is 1.02. The van der Waals surface area contributed by atoms with Crippen molar-refractivity contribution < 1.29 is 37.4 Å². The van der Waals surface area contributed by atoms with Gasteiger partial charge in [0.05, 0.1) is 55.8 Å². The van der Waals surface area contributed by atoms with E-state index in [-0.39, 0.29) is 29.6 Å². The molecule has 6 atom stereocenters. The maximum absolute atomic E-state index is 15.0. The number of imidazole rings is 2. The summed E-state index contributed by atoms with van der Waals surface area (Å²) in [4.78, 5) is 71.7. The first kappa shape index (κ1) is 44.8. The summed E-state index contributed by atoms with van der Waals surface area (Å²) in [5.74, 6) is -2.47. The van der Waals surface area contributed by atoms with Crippen LogP contribution in [-0.2, 0) is 19.1 Å². The maximum atomic E-state index is 15.0. The molecule has 5 heterocycles. The van der Waals surface area contributed by atoms with Crippen molar-refractivity contribution in [3.05, 3.63) is 72.4 Å². The molecule has 3 aliphatic rings. The van der Waals surface area contributed by atoms with Crippen LogP contribution in [0.1, 0.15) is 64.3 Å². The van der Waals surface area contributed by atoms with Crippen molar-refractivity contribution in [2.75, 3.05) is 27.3 Å². The number of ether oxygens (including phenoxy) is 2. The van der Waals surface area contributed by atoms with Crippen molar-refractivity contribution in [2.45, 2.75) is 95.8 Å². The predicted octanol–water partition coefficient (Wildman–Crippen LogP) is 8.67. The van der Waals surface area contributed by atoms with Crippen LogP contribution in [0.15, 0.2) is 60.8 Å². The Morgan fingerprint density at radius 2 is 1.39 bits per heavy atom. The third-order valence-corrected chi connectivity index (χ3v) is 16.8. The Bertz CT molecular complexity index is 2580. The van der Waals surface area contributed by atoms with Crippen LogP contribution in [0.5, 0.6) is 0 Å². The molecule has 3 aromatic carbocycles. The van der Waals surface area contributed by atoms with Gasteiger partial charge in [0.25, 0.3) is 5.92 Å². The fourth-order valence-electron chi connectivity index (χ4n) is 10.3. The summed E-state index contributed by atoms with van der Waals surface area (Å²) in [5, 5.41) is 7.05. The topological polar surface area (TPSA) is 175 Å². The van der Waals surface area contributed by atoms with E-state index in [1.54, 1.807) is 13.8 Å². The molecule has 0 bridgehead atoms. The van der Waals surface area contributed by atoms with E-state index in [1.165, 1.54) is 26.3 Å². The number of alkyl carbamates (subject to hydrolysis) is 2. The van der Waals surface area contributed by atoms with Gasteiger partial charge >= 0.3 is 12.2 Å². The number of rotatable bonds is 10. The molecule has 0 spiro atoms. The Labute approximate surface area is 372 Å². The van der Waals surface area contributed by atoms with Gasteiger partial charge < -0.3 is 39.9 Å². The number of piperidine rings is 1. The molecule has 14 nitrogen and oxygen atoms in total. The van der Waals surface area contributed by atoms with Crippen LogP contribution in [0.2, 0.25) is 25.2 Å². The quantitative estimate of drug-likeness (QED) is 0.101. The van der Waals surface area contributed by atoms with E-state index in [4.69, 9.17) is 14.7 Å². The number of likely N-dealkylation sites (tertiary alicyclic amines) is 2. The number of nitrogens with one attached hydrogen (secondary N) is 4. The summed E-state index contributed by atoms with van der Waals surface area (Å²) in [6.45, 7) is 12.0.